The van der Waals surface area contributed by atoms with Crippen molar-refractivity contribution in [3.05, 3.63) is 17.3 Å². The Kier molecular flexibility index (Phi) is 6.47. The third-order valence-corrected chi connectivity index (χ3v) is 4.48. The van der Waals surface area contributed by atoms with Gasteiger partial charge in [0, 0.05) is 25.9 Å². The summed E-state index contributed by atoms with van der Waals surface area (Å²) in [6.45, 7) is 3.28. The molecule has 0 aromatic carbocycles. The molecule has 19 heavy (non-hydrogen) atoms. The molecule has 1 fully saturated rings. The lowest BCUT2D eigenvalue weighted by Gasteiger charge is -2.39. The van der Waals surface area contributed by atoms with Crippen molar-refractivity contribution in [1.29, 1.82) is 0 Å². The Bertz CT molecular complexity index is 532. The molecule has 6 nitrogen and oxygen atoms in total. The minimum Gasteiger partial charge on any atom is -0.352 e. The van der Waals surface area contributed by atoms with Crippen LogP contribution in [0.2, 0.25) is 0 Å². The van der Waals surface area contributed by atoms with Gasteiger partial charge < -0.3 is 10.6 Å². The molecule has 1 saturated heterocycles. The summed E-state index contributed by atoms with van der Waals surface area (Å²) in [4.78, 5) is 1.92. The van der Waals surface area contributed by atoms with Gasteiger partial charge in [0.25, 0.3) is 0 Å². The van der Waals surface area contributed by atoms with Gasteiger partial charge in [0.05, 0.1) is 10.9 Å². The van der Waals surface area contributed by atoms with Gasteiger partial charge >= 0.3 is 0 Å². The summed E-state index contributed by atoms with van der Waals surface area (Å²) in [7, 11) is -2.94. The minimum atomic E-state index is -2.94. The number of sulfone groups is 1. The van der Waals surface area contributed by atoms with Crippen LogP contribution in [-0.4, -0.2) is 43.2 Å². The molecule has 0 bridgehead atoms. The predicted molar refractivity (Wildman–Crippen MR) is 80.0 cm³/mol. The number of halogens is 2. The molecule has 1 aliphatic heterocycles. The second-order valence-electron chi connectivity index (χ2n) is 4.40. The fraction of sp³-hybridized carbons (Fsp3) is 0.600. The first-order chi connectivity index (χ1) is 7.91. The van der Waals surface area contributed by atoms with E-state index in [2.05, 4.69) is 10.2 Å². The molecule has 0 spiro atoms. The van der Waals surface area contributed by atoms with Crippen molar-refractivity contribution in [2.24, 2.45) is 5.73 Å². The molecule has 0 aliphatic carbocycles. The van der Waals surface area contributed by atoms with Crippen LogP contribution in [0.5, 0.6) is 0 Å². The Morgan fingerprint density at radius 2 is 1.95 bits per heavy atom. The number of hydrogen-bond acceptors (Lipinski definition) is 6. The Morgan fingerprint density at radius 1 is 1.37 bits per heavy atom. The molecule has 0 atom stereocenters. The van der Waals surface area contributed by atoms with Crippen LogP contribution < -0.4 is 10.6 Å². The molecule has 2 heterocycles. The van der Waals surface area contributed by atoms with Gasteiger partial charge in [0.2, 0.25) is 0 Å². The Balaban J connectivity index is 0.00000162. The maximum absolute atomic E-state index is 11.3. The zero-order chi connectivity index (χ0) is 12.6. The predicted octanol–water partition coefficient (Wildman–Crippen LogP) is 0.321. The summed E-state index contributed by atoms with van der Waals surface area (Å²) in [5.74, 6) is 0.752. The van der Waals surface area contributed by atoms with E-state index in [1.165, 1.54) is 6.26 Å². The number of nitrogens with two attached hydrogens (primary N) is 1. The van der Waals surface area contributed by atoms with Crippen LogP contribution >= 0.6 is 24.8 Å². The molecule has 2 rings (SSSR count). The second kappa shape index (κ2) is 6.69. The summed E-state index contributed by atoms with van der Waals surface area (Å²) >= 11 is 0. The smallest absolute Gasteiger partial charge is 0.154 e. The van der Waals surface area contributed by atoms with Crippen LogP contribution in [0, 0.1) is 6.92 Å². The van der Waals surface area contributed by atoms with Crippen molar-refractivity contribution < 1.29 is 8.42 Å². The zero-order valence-corrected chi connectivity index (χ0v) is 13.2. The SMILES string of the molecule is Cc1cc(CN)nnc1N1CC(S(C)(=O)=O)C1.Cl.Cl. The van der Waals surface area contributed by atoms with E-state index >= 15 is 0 Å². The van der Waals surface area contributed by atoms with Crippen LogP contribution in [-0.2, 0) is 16.4 Å². The third kappa shape index (κ3) is 3.92. The number of aromatic nitrogens is 2. The van der Waals surface area contributed by atoms with Gasteiger partial charge in [-0.1, -0.05) is 0 Å². The number of hydrogen-bond donors (Lipinski definition) is 1. The molecule has 1 aliphatic rings. The summed E-state index contributed by atoms with van der Waals surface area (Å²) in [5.41, 5.74) is 7.20. The molecule has 110 valence electrons. The largest absolute Gasteiger partial charge is 0.352 e. The van der Waals surface area contributed by atoms with E-state index in [1.54, 1.807) is 0 Å². The van der Waals surface area contributed by atoms with E-state index in [1.807, 2.05) is 17.9 Å². The van der Waals surface area contributed by atoms with Crippen molar-refractivity contribution in [2.45, 2.75) is 18.7 Å². The highest BCUT2D eigenvalue weighted by Gasteiger charge is 2.35. The van der Waals surface area contributed by atoms with Gasteiger partial charge in [-0.3, -0.25) is 0 Å². The molecule has 0 radical (unpaired) electrons. The highest BCUT2D eigenvalue weighted by Crippen LogP contribution is 2.24. The molecule has 1 aromatic rings. The van der Waals surface area contributed by atoms with E-state index in [-0.39, 0.29) is 30.1 Å². The van der Waals surface area contributed by atoms with Gasteiger partial charge in [-0.2, -0.15) is 5.10 Å². The van der Waals surface area contributed by atoms with E-state index in [0.29, 0.717) is 19.6 Å². The standard InChI is InChI=1S/C10H16N4O2S.2ClH/c1-7-3-8(4-11)12-13-10(7)14-5-9(6-14)17(2,15)16;;/h3,9H,4-6,11H2,1-2H3;2*1H. The van der Waals surface area contributed by atoms with Crippen molar-refractivity contribution >= 4 is 40.5 Å². The number of anilines is 1. The van der Waals surface area contributed by atoms with Gasteiger partial charge in [-0.25, -0.2) is 8.42 Å². The van der Waals surface area contributed by atoms with Gasteiger partial charge in [-0.15, -0.1) is 29.9 Å². The average Bonchev–Trinajstić information content (AvgIpc) is 2.16. The number of nitrogens with zero attached hydrogens (tertiary/aromatic N) is 3. The molecule has 1 aromatic heterocycles. The van der Waals surface area contributed by atoms with E-state index < -0.39 is 9.84 Å². The van der Waals surface area contributed by atoms with Gasteiger partial charge in [0.15, 0.2) is 15.7 Å². The number of rotatable bonds is 3. The Hall–Kier alpha value is -0.630. The first-order valence-corrected chi connectivity index (χ1v) is 7.34. The second-order valence-corrected chi connectivity index (χ2v) is 6.73. The molecule has 2 N–H and O–H groups in total. The van der Waals surface area contributed by atoms with E-state index in [9.17, 15) is 8.42 Å². The Morgan fingerprint density at radius 3 is 2.37 bits per heavy atom. The van der Waals surface area contributed by atoms with Gasteiger partial charge in [0.1, 0.15) is 0 Å². The van der Waals surface area contributed by atoms with Crippen LogP contribution in [0.3, 0.4) is 0 Å². The van der Waals surface area contributed by atoms with Crippen molar-refractivity contribution in [1.82, 2.24) is 10.2 Å². The fourth-order valence-corrected chi connectivity index (χ4v) is 2.73. The molecule has 9 heteroatoms. The van der Waals surface area contributed by atoms with Crippen LogP contribution in [0.25, 0.3) is 0 Å². The monoisotopic (exact) mass is 328 g/mol. The van der Waals surface area contributed by atoms with Crippen molar-refractivity contribution in [3.63, 3.8) is 0 Å². The van der Waals surface area contributed by atoms with E-state index in [4.69, 9.17) is 5.73 Å². The van der Waals surface area contributed by atoms with E-state index in [0.717, 1.165) is 17.1 Å². The van der Waals surface area contributed by atoms with Crippen molar-refractivity contribution in [2.75, 3.05) is 24.2 Å². The van der Waals surface area contributed by atoms with Crippen LogP contribution in [0.4, 0.5) is 5.82 Å². The summed E-state index contributed by atoms with van der Waals surface area (Å²) in [6.07, 6.45) is 1.27. The lowest BCUT2D eigenvalue weighted by atomic mass is 10.1. The topological polar surface area (TPSA) is 89.2 Å². The van der Waals surface area contributed by atoms with Crippen LogP contribution in [0.1, 0.15) is 11.3 Å². The molecule has 0 saturated carbocycles. The lowest BCUT2D eigenvalue weighted by molar-refractivity contribution is 0.542. The minimum absolute atomic E-state index is 0. The highest BCUT2D eigenvalue weighted by molar-refractivity contribution is 7.91. The Labute approximate surface area is 125 Å². The maximum Gasteiger partial charge on any atom is 0.154 e. The summed E-state index contributed by atoms with van der Waals surface area (Å²) in [6, 6.07) is 1.89. The molecular formula is C10H18Cl2N4O2S. The highest BCUT2D eigenvalue weighted by atomic mass is 35.5. The lowest BCUT2D eigenvalue weighted by Crippen LogP contribution is -2.55. The maximum atomic E-state index is 11.3. The zero-order valence-electron chi connectivity index (χ0n) is 10.7. The molecule has 0 unspecified atom stereocenters. The average molecular weight is 329 g/mol. The summed E-state index contributed by atoms with van der Waals surface area (Å²) < 4.78 is 22.6. The molecule has 0 amide bonds. The van der Waals surface area contributed by atoms with Crippen LogP contribution in [0.15, 0.2) is 6.07 Å². The quantitative estimate of drug-likeness (QED) is 0.859. The normalized spacial score (nSPS) is 15.2. The first-order valence-electron chi connectivity index (χ1n) is 5.39. The van der Waals surface area contributed by atoms with Gasteiger partial charge in [-0.05, 0) is 18.6 Å². The van der Waals surface area contributed by atoms with Crippen molar-refractivity contribution in [3.8, 4) is 0 Å². The fourth-order valence-electron chi connectivity index (χ4n) is 1.83. The number of aryl methyl sites for hydroxylation is 1. The summed E-state index contributed by atoms with van der Waals surface area (Å²) in [5, 5.41) is 7.79. The molecular weight excluding hydrogens is 311 g/mol. The third-order valence-electron chi connectivity index (χ3n) is 2.97. The first kappa shape index (κ1) is 18.4.